The van der Waals surface area contributed by atoms with E-state index < -0.39 is 11.9 Å². The fourth-order valence-electron chi connectivity index (χ4n) is 4.19. The Labute approximate surface area is 293 Å². The molecule has 252 valence electrons. The van der Waals surface area contributed by atoms with Gasteiger partial charge in [0.1, 0.15) is 0 Å². The molecule has 4 aromatic carbocycles. The van der Waals surface area contributed by atoms with Crippen molar-refractivity contribution in [2.24, 2.45) is 20.5 Å². The highest BCUT2D eigenvalue weighted by atomic mass is 32.2. The van der Waals surface area contributed by atoms with Gasteiger partial charge in [-0.3, -0.25) is 0 Å². The predicted octanol–water partition coefficient (Wildman–Crippen LogP) is 10.1. The SMILES string of the molecule is CCOC(=O)/C(N=Nc1ccccc1SCCCSc1ccccc1N=N/C(C(=O)OCC)=C(\O)c1ccccc1)=C(/O)c1ccccc1. The van der Waals surface area contributed by atoms with Crippen molar-refractivity contribution in [1.29, 1.82) is 0 Å². The summed E-state index contributed by atoms with van der Waals surface area (Å²) in [6.45, 7) is 3.61. The monoisotopic (exact) mass is 696 g/mol. The van der Waals surface area contributed by atoms with Crippen LogP contribution in [0, 0.1) is 0 Å². The number of ether oxygens (including phenoxy) is 2. The van der Waals surface area contributed by atoms with Crippen molar-refractivity contribution in [3.8, 4) is 0 Å². The van der Waals surface area contributed by atoms with Gasteiger partial charge in [-0.15, -0.1) is 44.0 Å². The van der Waals surface area contributed by atoms with Gasteiger partial charge in [0.2, 0.25) is 11.4 Å². The first-order valence-corrected chi connectivity index (χ1v) is 17.5. The van der Waals surface area contributed by atoms with Crippen LogP contribution in [-0.2, 0) is 19.1 Å². The van der Waals surface area contributed by atoms with Gasteiger partial charge in [0.15, 0.2) is 11.5 Å². The minimum atomic E-state index is -0.768. The summed E-state index contributed by atoms with van der Waals surface area (Å²) < 4.78 is 10.2. The first kappa shape index (κ1) is 36.6. The fourth-order valence-corrected chi connectivity index (χ4v) is 6.25. The summed E-state index contributed by atoms with van der Waals surface area (Å²) >= 11 is 3.19. The summed E-state index contributed by atoms with van der Waals surface area (Å²) in [5.41, 5.74) is 1.40. The zero-order valence-electron chi connectivity index (χ0n) is 27.1. The maximum absolute atomic E-state index is 12.6. The third kappa shape index (κ3) is 10.9. The highest BCUT2D eigenvalue weighted by Gasteiger charge is 2.20. The molecule has 0 aromatic heterocycles. The minimum absolute atomic E-state index is 0.126. The van der Waals surface area contributed by atoms with Crippen molar-refractivity contribution < 1.29 is 29.3 Å². The Kier molecular flexibility index (Phi) is 14.6. The standard InChI is InChI=1S/C37H36N4O6S2/c1-3-46-36(44)32(34(42)26-16-7-5-8-17-26)40-38-28-20-11-13-22-30(28)48-24-15-25-49-31-23-14-12-21-29(31)39-41-33(37(45)47-4-2)35(43)27-18-9-6-10-19-27/h5-14,16-23,42-43H,3-4,15,24-25H2,1-2H3/b34-32-,35-33-,40-38?,41-39?. The Hall–Kier alpha value is -5.20. The molecule has 0 radical (unpaired) electrons. The number of rotatable bonds is 16. The van der Waals surface area contributed by atoms with Crippen LogP contribution in [0.4, 0.5) is 11.4 Å². The maximum Gasteiger partial charge on any atom is 0.362 e. The summed E-state index contributed by atoms with van der Waals surface area (Å²) in [6, 6.07) is 32.1. The van der Waals surface area contributed by atoms with Gasteiger partial charge in [-0.1, -0.05) is 84.9 Å². The molecule has 10 nitrogen and oxygen atoms in total. The average molecular weight is 697 g/mol. The molecular formula is C37H36N4O6S2. The van der Waals surface area contributed by atoms with Crippen LogP contribution < -0.4 is 0 Å². The van der Waals surface area contributed by atoms with E-state index in [4.69, 9.17) is 9.47 Å². The first-order valence-electron chi connectivity index (χ1n) is 15.5. The molecule has 0 atom stereocenters. The number of carbonyl (C=O) groups is 2. The smallest absolute Gasteiger partial charge is 0.362 e. The van der Waals surface area contributed by atoms with Crippen molar-refractivity contribution >= 4 is 58.4 Å². The third-order valence-corrected chi connectivity index (χ3v) is 8.83. The molecule has 4 rings (SSSR count). The topological polar surface area (TPSA) is 142 Å². The quantitative estimate of drug-likeness (QED) is 0.0294. The van der Waals surface area contributed by atoms with E-state index in [-0.39, 0.29) is 36.1 Å². The molecule has 0 fully saturated rings. The molecular weight excluding hydrogens is 661 g/mol. The molecule has 0 bridgehead atoms. The number of thioether (sulfide) groups is 2. The Morgan fingerprint density at radius 3 is 1.33 bits per heavy atom. The number of carbonyl (C=O) groups excluding carboxylic acids is 2. The normalized spacial score (nSPS) is 12.4. The summed E-state index contributed by atoms with van der Waals surface area (Å²) in [4.78, 5) is 27.0. The van der Waals surface area contributed by atoms with Crippen molar-refractivity contribution in [3.63, 3.8) is 0 Å². The average Bonchev–Trinajstić information content (AvgIpc) is 3.13. The third-order valence-electron chi connectivity index (χ3n) is 6.53. The van der Waals surface area contributed by atoms with Crippen molar-refractivity contribution in [1.82, 2.24) is 0 Å². The summed E-state index contributed by atoms with van der Waals surface area (Å²) in [5.74, 6) is -0.636. The van der Waals surface area contributed by atoms with Crippen molar-refractivity contribution in [2.75, 3.05) is 24.7 Å². The van der Waals surface area contributed by atoms with Gasteiger partial charge in [-0.2, -0.15) is 0 Å². The Bertz CT molecular complexity index is 1700. The van der Waals surface area contributed by atoms with E-state index in [1.165, 1.54) is 0 Å². The zero-order chi connectivity index (χ0) is 34.8. The highest BCUT2D eigenvalue weighted by Crippen LogP contribution is 2.34. The van der Waals surface area contributed by atoms with E-state index in [9.17, 15) is 19.8 Å². The molecule has 0 saturated carbocycles. The maximum atomic E-state index is 12.6. The molecule has 0 unspecified atom stereocenters. The lowest BCUT2D eigenvalue weighted by molar-refractivity contribution is -0.139. The van der Waals surface area contributed by atoms with E-state index >= 15 is 0 Å². The number of hydrogen-bond donors (Lipinski definition) is 2. The number of aliphatic hydroxyl groups is 2. The van der Waals surface area contributed by atoms with Crippen LogP contribution in [-0.4, -0.2) is 46.9 Å². The number of hydrogen-bond acceptors (Lipinski definition) is 12. The van der Waals surface area contributed by atoms with E-state index in [1.54, 1.807) is 110 Å². The van der Waals surface area contributed by atoms with Crippen LogP contribution >= 0.6 is 23.5 Å². The van der Waals surface area contributed by atoms with Crippen LogP contribution in [0.25, 0.3) is 11.5 Å². The second-order valence-corrected chi connectivity index (χ2v) is 12.2. The van der Waals surface area contributed by atoms with E-state index in [1.807, 2.05) is 36.4 Å². The molecule has 12 heteroatoms. The lowest BCUT2D eigenvalue weighted by atomic mass is 10.1. The van der Waals surface area contributed by atoms with E-state index in [0.29, 0.717) is 22.5 Å². The lowest BCUT2D eigenvalue weighted by Gasteiger charge is -2.08. The second-order valence-electron chi connectivity index (χ2n) is 9.95. The Balaban J connectivity index is 1.41. The Morgan fingerprint density at radius 2 is 0.939 bits per heavy atom. The van der Waals surface area contributed by atoms with Crippen LogP contribution in [0.3, 0.4) is 0 Å². The van der Waals surface area contributed by atoms with Gasteiger partial charge in [-0.25, -0.2) is 9.59 Å². The second kappa shape index (κ2) is 19.6. The number of benzene rings is 4. The first-order chi connectivity index (χ1) is 23.9. The van der Waals surface area contributed by atoms with Gasteiger partial charge in [0.25, 0.3) is 0 Å². The molecule has 49 heavy (non-hydrogen) atoms. The summed E-state index contributed by atoms with van der Waals surface area (Å²) in [7, 11) is 0. The van der Waals surface area contributed by atoms with Gasteiger partial charge < -0.3 is 19.7 Å². The van der Waals surface area contributed by atoms with Crippen LogP contribution in [0.1, 0.15) is 31.4 Å². The predicted molar refractivity (Wildman–Crippen MR) is 193 cm³/mol. The summed E-state index contributed by atoms with van der Waals surface area (Å²) in [6.07, 6.45) is 0.831. The number of esters is 2. The van der Waals surface area contributed by atoms with Crippen molar-refractivity contribution in [3.05, 3.63) is 132 Å². The Morgan fingerprint density at radius 1 is 0.571 bits per heavy atom. The molecule has 0 spiro atoms. The molecule has 0 saturated heterocycles. The largest absolute Gasteiger partial charge is 0.505 e. The number of azo groups is 2. The molecule has 0 aliphatic heterocycles. The molecule has 4 aromatic rings. The van der Waals surface area contributed by atoms with Crippen LogP contribution in [0.15, 0.2) is 151 Å². The minimum Gasteiger partial charge on any atom is -0.505 e. The fraction of sp³-hybridized carbons (Fsp3) is 0.189. The van der Waals surface area contributed by atoms with Crippen LogP contribution in [0.5, 0.6) is 0 Å². The molecule has 2 N–H and O–H groups in total. The highest BCUT2D eigenvalue weighted by molar-refractivity contribution is 8.00. The number of aliphatic hydroxyl groups excluding tert-OH is 2. The summed E-state index contributed by atoms with van der Waals surface area (Å²) in [5, 5.41) is 38.4. The van der Waals surface area contributed by atoms with E-state index in [0.717, 1.165) is 27.7 Å². The zero-order valence-corrected chi connectivity index (χ0v) is 28.7. The van der Waals surface area contributed by atoms with Gasteiger partial charge in [0, 0.05) is 20.9 Å². The molecule has 0 aliphatic rings. The van der Waals surface area contributed by atoms with Gasteiger partial charge in [-0.05, 0) is 56.0 Å². The molecule has 0 aliphatic carbocycles. The molecule has 0 heterocycles. The lowest BCUT2D eigenvalue weighted by Crippen LogP contribution is -2.08. The van der Waals surface area contributed by atoms with E-state index in [2.05, 4.69) is 20.5 Å². The van der Waals surface area contributed by atoms with Gasteiger partial charge in [0.05, 0.1) is 24.6 Å². The number of nitrogens with zero attached hydrogens (tertiary/aromatic N) is 4. The van der Waals surface area contributed by atoms with Gasteiger partial charge >= 0.3 is 11.9 Å². The molecule has 0 amide bonds. The van der Waals surface area contributed by atoms with Crippen LogP contribution in [0.2, 0.25) is 0 Å². The van der Waals surface area contributed by atoms with Crippen molar-refractivity contribution in [2.45, 2.75) is 30.1 Å².